The second kappa shape index (κ2) is 15.9. The van der Waals surface area contributed by atoms with Crippen molar-refractivity contribution in [1.82, 2.24) is 9.88 Å². The van der Waals surface area contributed by atoms with Gasteiger partial charge < -0.3 is 26.0 Å². The lowest BCUT2D eigenvalue weighted by Crippen LogP contribution is -2.61. The van der Waals surface area contributed by atoms with Crippen molar-refractivity contribution in [1.29, 1.82) is 0 Å². The highest BCUT2D eigenvalue weighted by Gasteiger charge is 2.47. The molecule has 0 radical (unpaired) electrons. The summed E-state index contributed by atoms with van der Waals surface area (Å²) in [6.45, 7) is 7.21. The third kappa shape index (κ3) is 8.16. The first-order valence-corrected chi connectivity index (χ1v) is 20.7. The van der Waals surface area contributed by atoms with E-state index in [0.717, 1.165) is 87.4 Å². The number of nitrogens with zero attached hydrogens (tertiary/aromatic N) is 3. The van der Waals surface area contributed by atoms with E-state index in [4.69, 9.17) is 10.5 Å². The van der Waals surface area contributed by atoms with Gasteiger partial charge in [0.05, 0.1) is 11.3 Å². The molecule has 0 saturated carbocycles. The fraction of sp³-hybridized carbons (Fsp3) is 0.409. The SMILES string of the molecule is CC(/C(=C\C1=C(N)CCC1)C(=O)Nc1ccc(C(=O)N2CCC3=C(SC(C)(C(=O)Nc4ncccc4C(F)(F)F)C3)c3ccc(F)cc32)cc1)N1CC2(CCOCC2)C1. The summed E-state index contributed by atoms with van der Waals surface area (Å²) in [5, 5.41) is 5.43. The zero-order valence-corrected chi connectivity index (χ0v) is 33.7. The van der Waals surface area contributed by atoms with E-state index >= 15 is 0 Å². The van der Waals surface area contributed by atoms with E-state index in [1.54, 1.807) is 37.3 Å². The predicted octanol–water partition coefficient (Wildman–Crippen LogP) is 8.30. The Morgan fingerprint density at radius 3 is 2.46 bits per heavy atom. The molecule has 1 aromatic heterocycles. The normalized spacial score (nSPS) is 22.4. The molecule has 2 aromatic carbocycles. The van der Waals surface area contributed by atoms with Crippen molar-refractivity contribution < 1.29 is 36.7 Å². The van der Waals surface area contributed by atoms with Crippen LogP contribution in [0.2, 0.25) is 0 Å². The van der Waals surface area contributed by atoms with Crippen LogP contribution in [0.1, 0.15) is 80.3 Å². The van der Waals surface area contributed by atoms with E-state index in [-0.39, 0.29) is 36.2 Å². The number of nitrogens with one attached hydrogen (secondary N) is 2. The zero-order valence-electron chi connectivity index (χ0n) is 32.9. The first kappa shape index (κ1) is 40.8. The summed E-state index contributed by atoms with van der Waals surface area (Å²) in [4.78, 5) is 50.1. The Morgan fingerprint density at radius 2 is 1.76 bits per heavy atom. The van der Waals surface area contributed by atoms with Crippen LogP contribution < -0.4 is 21.3 Å². The van der Waals surface area contributed by atoms with Crippen LogP contribution >= 0.6 is 11.8 Å². The molecule has 310 valence electrons. The Morgan fingerprint density at radius 1 is 1.02 bits per heavy atom. The van der Waals surface area contributed by atoms with Crippen molar-refractivity contribution >= 4 is 51.6 Å². The van der Waals surface area contributed by atoms with E-state index < -0.39 is 34.0 Å². The molecule has 2 saturated heterocycles. The number of fused-ring (bicyclic) bond motifs is 2. The topological polar surface area (TPSA) is 130 Å². The summed E-state index contributed by atoms with van der Waals surface area (Å²) in [5.41, 5.74) is 10.5. The van der Waals surface area contributed by atoms with E-state index in [1.165, 1.54) is 35.0 Å². The van der Waals surface area contributed by atoms with Gasteiger partial charge in [0.25, 0.3) is 11.8 Å². The van der Waals surface area contributed by atoms with Crippen LogP contribution in [0, 0.1) is 11.2 Å². The second-order valence-electron chi connectivity index (χ2n) is 16.4. The first-order valence-electron chi connectivity index (χ1n) is 19.9. The Labute approximate surface area is 344 Å². The summed E-state index contributed by atoms with van der Waals surface area (Å²) >= 11 is 1.18. The lowest BCUT2D eigenvalue weighted by Gasteiger charge is -2.54. The number of pyridine rings is 1. The number of allylic oxidation sites excluding steroid dienone is 3. The van der Waals surface area contributed by atoms with Crippen LogP contribution in [-0.4, -0.2) is 71.2 Å². The molecule has 8 rings (SSSR count). The maximum Gasteiger partial charge on any atom is 0.419 e. The van der Waals surface area contributed by atoms with Gasteiger partial charge in [0.15, 0.2) is 0 Å². The highest BCUT2D eigenvalue weighted by atomic mass is 32.2. The smallest absolute Gasteiger partial charge is 0.402 e. The molecule has 1 spiro atoms. The number of ether oxygens (including phenoxy) is 1. The van der Waals surface area contributed by atoms with Crippen LogP contribution in [0.4, 0.5) is 34.8 Å². The Balaban J connectivity index is 0.975. The van der Waals surface area contributed by atoms with Crippen molar-refractivity contribution in [3.05, 3.63) is 112 Å². The fourth-order valence-electron chi connectivity index (χ4n) is 8.85. The highest BCUT2D eigenvalue weighted by Crippen LogP contribution is 2.55. The van der Waals surface area contributed by atoms with E-state index in [0.29, 0.717) is 39.4 Å². The van der Waals surface area contributed by atoms with Crippen molar-refractivity contribution in [3.63, 3.8) is 0 Å². The predicted molar refractivity (Wildman–Crippen MR) is 220 cm³/mol. The monoisotopic (exact) mass is 830 g/mol. The minimum absolute atomic E-state index is 0.141. The highest BCUT2D eigenvalue weighted by molar-refractivity contribution is 8.10. The Kier molecular flexibility index (Phi) is 11.0. The third-order valence-electron chi connectivity index (χ3n) is 12.3. The fourth-order valence-corrected chi connectivity index (χ4v) is 10.3. The van der Waals surface area contributed by atoms with Gasteiger partial charge in [-0.15, -0.1) is 11.8 Å². The summed E-state index contributed by atoms with van der Waals surface area (Å²) in [6.07, 6.45) is 3.58. The Bertz CT molecular complexity index is 2280. The standard InChI is InChI=1S/C44H46F4N6O4S/c1-26(53-24-43(25-53)15-19-58-20-16-43)33(21-28-5-3-7-35(28)49)39(55)51-31-11-8-27(9-12-31)40(56)54-18-14-29-23-42(2,59-37(29)32-13-10-30(45)22-36(32)54)41(57)52-38-34(44(46,47)48)6-4-17-50-38/h4,6,8-13,17,21-22,26H,3,5,7,14-16,18-20,23-25,49H2,1-2H3,(H,51,55)(H,50,52,57)/b33-21+. The van der Waals surface area contributed by atoms with Gasteiger partial charge in [-0.1, -0.05) is 5.57 Å². The minimum Gasteiger partial charge on any atom is -0.402 e. The molecule has 59 heavy (non-hydrogen) atoms. The summed E-state index contributed by atoms with van der Waals surface area (Å²) < 4.78 is 60.3. The van der Waals surface area contributed by atoms with Crippen LogP contribution in [0.3, 0.4) is 0 Å². The molecule has 1 aliphatic carbocycles. The maximum atomic E-state index is 14.9. The van der Waals surface area contributed by atoms with Crippen LogP contribution in [0.15, 0.2) is 89.3 Å². The summed E-state index contributed by atoms with van der Waals surface area (Å²) in [5.74, 6) is -2.41. The van der Waals surface area contributed by atoms with Gasteiger partial charge in [0.1, 0.15) is 16.4 Å². The minimum atomic E-state index is -4.71. The van der Waals surface area contributed by atoms with Crippen molar-refractivity contribution in [3.8, 4) is 0 Å². The summed E-state index contributed by atoms with van der Waals surface area (Å²) in [6, 6.07) is 12.6. The molecule has 15 heteroatoms. The van der Waals surface area contributed by atoms with Crippen molar-refractivity contribution in [2.75, 3.05) is 48.4 Å². The molecule has 5 heterocycles. The van der Waals surface area contributed by atoms with Gasteiger partial charge in [-0.05, 0) is 125 Å². The van der Waals surface area contributed by atoms with Gasteiger partial charge in [0.2, 0.25) is 5.91 Å². The number of hydrogen-bond acceptors (Lipinski definition) is 8. The molecular weight excluding hydrogens is 785 g/mol. The average molecular weight is 831 g/mol. The molecule has 3 amide bonds. The van der Waals surface area contributed by atoms with Crippen molar-refractivity contribution in [2.45, 2.75) is 75.8 Å². The number of carbonyl (C=O) groups excluding carboxylic acids is 3. The lowest BCUT2D eigenvalue weighted by molar-refractivity contribution is -0.137. The second-order valence-corrected chi connectivity index (χ2v) is 17.9. The molecule has 4 N–H and O–H groups in total. The largest absolute Gasteiger partial charge is 0.419 e. The van der Waals surface area contributed by atoms with Gasteiger partial charge in [0, 0.05) is 83.5 Å². The molecular formula is C44H46F4N6O4S. The van der Waals surface area contributed by atoms with E-state index in [1.807, 2.05) is 6.08 Å². The van der Waals surface area contributed by atoms with Crippen LogP contribution in [0.25, 0.3) is 4.91 Å². The number of likely N-dealkylation sites (tertiary alicyclic amines) is 1. The average Bonchev–Trinajstić information content (AvgIpc) is 3.73. The number of nitrogens with two attached hydrogens (primary N) is 1. The molecule has 10 nitrogen and oxygen atoms in total. The number of benzene rings is 2. The molecule has 0 bridgehead atoms. The number of anilines is 3. The number of amides is 3. The maximum absolute atomic E-state index is 14.9. The zero-order chi connectivity index (χ0) is 41.7. The number of hydrogen-bond donors (Lipinski definition) is 3. The van der Waals surface area contributed by atoms with Gasteiger partial charge >= 0.3 is 6.18 Å². The molecule has 5 aliphatic rings. The molecule has 2 atom stereocenters. The quantitative estimate of drug-likeness (QED) is 0.153. The van der Waals surface area contributed by atoms with Crippen LogP contribution in [0.5, 0.6) is 0 Å². The van der Waals surface area contributed by atoms with Gasteiger partial charge in [-0.3, -0.25) is 19.3 Å². The van der Waals surface area contributed by atoms with Gasteiger partial charge in [-0.2, -0.15) is 13.2 Å². The Hall–Kier alpha value is -4.99. The van der Waals surface area contributed by atoms with E-state index in [9.17, 15) is 31.9 Å². The number of alkyl halides is 3. The van der Waals surface area contributed by atoms with E-state index in [2.05, 4.69) is 27.4 Å². The molecule has 3 aromatic rings. The van der Waals surface area contributed by atoms with Crippen LogP contribution in [-0.2, 0) is 20.5 Å². The molecule has 2 unspecified atom stereocenters. The first-order chi connectivity index (χ1) is 28.1. The number of rotatable bonds is 8. The number of carbonyl (C=O) groups is 3. The lowest BCUT2D eigenvalue weighted by atomic mass is 9.72. The summed E-state index contributed by atoms with van der Waals surface area (Å²) in [7, 11) is 0. The number of halogens is 4. The molecule has 4 aliphatic heterocycles. The van der Waals surface area contributed by atoms with Gasteiger partial charge in [-0.25, -0.2) is 9.37 Å². The number of thioether (sulfide) groups is 1. The third-order valence-corrected chi connectivity index (χ3v) is 13.8. The number of aromatic nitrogens is 1. The van der Waals surface area contributed by atoms with Crippen molar-refractivity contribution in [2.24, 2.45) is 11.1 Å². The molecule has 2 fully saturated rings.